The molecule has 0 spiro atoms. The molecule has 0 radical (unpaired) electrons. The lowest BCUT2D eigenvalue weighted by atomic mass is 10.1. The van der Waals surface area contributed by atoms with Crippen LogP contribution in [0.25, 0.3) is 10.8 Å². The van der Waals surface area contributed by atoms with E-state index in [0.29, 0.717) is 0 Å². The van der Waals surface area contributed by atoms with Crippen LogP contribution in [0.4, 0.5) is 5.69 Å². The summed E-state index contributed by atoms with van der Waals surface area (Å²) in [6.07, 6.45) is 0. The van der Waals surface area contributed by atoms with Crippen molar-refractivity contribution in [1.29, 1.82) is 0 Å². The SMILES string of the molecule is C[C@H](NS(=O)(=O)c1ccc2ccccc2c1)C(=O)Nc1c(Cl)cccc1Cl. The van der Waals surface area contributed by atoms with Gasteiger partial charge in [-0.15, -0.1) is 0 Å². The lowest BCUT2D eigenvalue weighted by Gasteiger charge is -2.16. The first kappa shape index (κ1) is 19.6. The van der Waals surface area contributed by atoms with Crippen LogP contribution >= 0.6 is 23.2 Å². The topological polar surface area (TPSA) is 75.3 Å². The Bertz CT molecular complexity index is 1100. The third-order valence-corrected chi connectivity index (χ3v) is 6.14. The average Bonchev–Trinajstić information content (AvgIpc) is 2.64. The third-order valence-electron chi connectivity index (χ3n) is 3.97. The van der Waals surface area contributed by atoms with Gasteiger partial charge in [0.25, 0.3) is 0 Å². The number of hydrogen-bond acceptors (Lipinski definition) is 3. The molecule has 0 aromatic heterocycles. The Morgan fingerprint density at radius 2 is 1.56 bits per heavy atom. The van der Waals surface area contributed by atoms with Gasteiger partial charge in [0.05, 0.1) is 26.7 Å². The number of carbonyl (C=O) groups is 1. The monoisotopic (exact) mass is 422 g/mol. The Balaban J connectivity index is 1.78. The van der Waals surface area contributed by atoms with Gasteiger partial charge in [0.15, 0.2) is 0 Å². The lowest BCUT2D eigenvalue weighted by molar-refractivity contribution is -0.117. The van der Waals surface area contributed by atoms with Crippen LogP contribution in [0.3, 0.4) is 0 Å². The summed E-state index contributed by atoms with van der Waals surface area (Å²) in [7, 11) is -3.89. The van der Waals surface area contributed by atoms with Gasteiger partial charge >= 0.3 is 0 Å². The first-order chi connectivity index (χ1) is 12.8. The van der Waals surface area contributed by atoms with Gasteiger partial charge in [0, 0.05) is 0 Å². The molecule has 1 amide bonds. The van der Waals surface area contributed by atoms with E-state index in [1.165, 1.54) is 13.0 Å². The maximum atomic E-state index is 12.6. The zero-order valence-electron chi connectivity index (χ0n) is 14.2. The Morgan fingerprint density at radius 1 is 0.926 bits per heavy atom. The van der Waals surface area contributed by atoms with Crippen LogP contribution in [0, 0.1) is 0 Å². The summed E-state index contributed by atoms with van der Waals surface area (Å²) in [5.41, 5.74) is 0.239. The molecule has 0 aliphatic heterocycles. The van der Waals surface area contributed by atoms with Crippen LogP contribution in [-0.4, -0.2) is 20.4 Å². The number of halogens is 2. The van der Waals surface area contributed by atoms with Crippen molar-refractivity contribution in [2.45, 2.75) is 17.9 Å². The molecule has 2 N–H and O–H groups in total. The Hall–Kier alpha value is -2.12. The van der Waals surface area contributed by atoms with Crippen molar-refractivity contribution in [3.63, 3.8) is 0 Å². The van der Waals surface area contributed by atoms with Gasteiger partial charge in [-0.1, -0.05) is 59.6 Å². The predicted molar refractivity (Wildman–Crippen MR) is 109 cm³/mol. The minimum absolute atomic E-state index is 0.0802. The molecule has 0 aliphatic rings. The minimum atomic E-state index is -3.89. The maximum Gasteiger partial charge on any atom is 0.242 e. The number of fused-ring (bicyclic) bond motifs is 1. The van der Waals surface area contributed by atoms with Crippen molar-refractivity contribution >= 4 is 55.6 Å². The Labute approximate surface area is 167 Å². The molecular formula is C19H16Cl2N2O3S. The van der Waals surface area contributed by atoms with Crippen molar-refractivity contribution in [2.24, 2.45) is 0 Å². The summed E-state index contributed by atoms with van der Waals surface area (Å²) in [6.45, 7) is 1.44. The van der Waals surface area contributed by atoms with Gasteiger partial charge in [-0.2, -0.15) is 4.72 Å². The highest BCUT2D eigenvalue weighted by atomic mass is 35.5. The van der Waals surface area contributed by atoms with E-state index in [-0.39, 0.29) is 20.6 Å². The maximum absolute atomic E-state index is 12.6. The molecule has 0 heterocycles. The molecule has 140 valence electrons. The molecule has 3 aromatic rings. The fraction of sp³-hybridized carbons (Fsp3) is 0.105. The Kier molecular flexibility index (Phi) is 5.72. The molecule has 0 aliphatic carbocycles. The van der Waals surface area contributed by atoms with Gasteiger partial charge in [-0.25, -0.2) is 8.42 Å². The molecule has 5 nitrogen and oxygen atoms in total. The first-order valence-corrected chi connectivity index (χ1v) is 10.3. The van der Waals surface area contributed by atoms with Crippen LogP contribution < -0.4 is 10.0 Å². The summed E-state index contributed by atoms with van der Waals surface area (Å²) in [5, 5.41) is 4.80. The number of hydrogen-bond donors (Lipinski definition) is 2. The first-order valence-electron chi connectivity index (χ1n) is 8.04. The van der Waals surface area contributed by atoms with E-state index in [9.17, 15) is 13.2 Å². The lowest BCUT2D eigenvalue weighted by Crippen LogP contribution is -2.41. The predicted octanol–water partition coefficient (Wildman–Crippen LogP) is 4.45. The third kappa shape index (κ3) is 4.42. The molecule has 0 saturated carbocycles. The highest BCUT2D eigenvalue weighted by molar-refractivity contribution is 7.89. The summed E-state index contributed by atoms with van der Waals surface area (Å²) >= 11 is 12.0. The van der Waals surface area contributed by atoms with E-state index in [1.807, 2.05) is 24.3 Å². The van der Waals surface area contributed by atoms with Crippen LogP contribution in [0.15, 0.2) is 65.6 Å². The second kappa shape index (κ2) is 7.86. The smallest absolute Gasteiger partial charge is 0.242 e. The fourth-order valence-corrected chi connectivity index (χ4v) is 4.27. The zero-order valence-corrected chi connectivity index (χ0v) is 16.6. The molecule has 1 atom stereocenters. The van der Waals surface area contributed by atoms with Crippen LogP contribution in [0.5, 0.6) is 0 Å². The average molecular weight is 423 g/mol. The van der Waals surface area contributed by atoms with Crippen LogP contribution in [0.1, 0.15) is 6.92 Å². The zero-order chi connectivity index (χ0) is 19.6. The van der Waals surface area contributed by atoms with Crippen molar-refractivity contribution in [3.05, 3.63) is 70.7 Å². The fourth-order valence-electron chi connectivity index (χ4n) is 2.54. The summed E-state index contributed by atoms with van der Waals surface area (Å²) in [5.74, 6) is -0.575. The van der Waals surface area contributed by atoms with E-state index >= 15 is 0 Å². The van der Waals surface area contributed by atoms with E-state index in [0.717, 1.165) is 10.8 Å². The number of amides is 1. The number of benzene rings is 3. The highest BCUT2D eigenvalue weighted by Gasteiger charge is 2.23. The highest BCUT2D eigenvalue weighted by Crippen LogP contribution is 2.30. The van der Waals surface area contributed by atoms with Gasteiger partial charge in [0.2, 0.25) is 15.9 Å². The molecule has 3 rings (SSSR count). The minimum Gasteiger partial charge on any atom is -0.322 e. The molecule has 27 heavy (non-hydrogen) atoms. The van der Waals surface area contributed by atoms with Gasteiger partial charge < -0.3 is 5.32 Å². The van der Waals surface area contributed by atoms with E-state index < -0.39 is 22.0 Å². The number of nitrogens with one attached hydrogen (secondary N) is 2. The van der Waals surface area contributed by atoms with Crippen molar-refractivity contribution in [2.75, 3.05) is 5.32 Å². The van der Waals surface area contributed by atoms with E-state index in [4.69, 9.17) is 23.2 Å². The Morgan fingerprint density at radius 3 is 2.22 bits per heavy atom. The number of carbonyl (C=O) groups excluding carboxylic acids is 1. The molecular weight excluding hydrogens is 407 g/mol. The standard InChI is InChI=1S/C19H16Cl2N2O3S/c1-12(19(24)22-18-16(20)7-4-8-17(18)21)23-27(25,26)15-10-9-13-5-2-3-6-14(13)11-15/h2-12,23H,1H3,(H,22,24)/t12-/m0/s1. The number of sulfonamides is 1. The van der Waals surface area contributed by atoms with Gasteiger partial charge in [-0.3, -0.25) is 4.79 Å². The largest absolute Gasteiger partial charge is 0.322 e. The molecule has 0 saturated heterocycles. The molecule has 0 bridgehead atoms. The van der Waals surface area contributed by atoms with Gasteiger partial charge in [-0.05, 0) is 42.0 Å². The van der Waals surface area contributed by atoms with Crippen LogP contribution in [0.2, 0.25) is 10.0 Å². The summed E-state index contributed by atoms with van der Waals surface area (Å²) < 4.78 is 27.6. The van der Waals surface area contributed by atoms with Gasteiger partial charge in [0.1, 0.15) is 0 Å². The number of para-hydroxylation sites is 1. The van der Waals surface area contributed by atoms with Crippen molar-refractivity contribution in [1.82, 2.24) is 4.72 Å². The summed E-state index contributed by atoms with van der Waals surface area (Å²) in [6, 6.07) is 16.0. The van der Waals surface area contributed by atoms with E-state index in [1.54, 1.807) is 30.3 Å². The van der Waals surface area contributed by atoms with Crippen molar-refractivity contribution in [3.8, 4) is 0 Å². The normalized spacial score (nSPS) is 12.7. The van der Waals surface area contributed by atoms with Crippen LogP contribution in [-0.2, 0) is 14.8 Å². The summed E-state index contributed by atoms with van der Waals surface area (Å²) in [4.78, 5) is 12.5. The number of anilines is 1. The van der Waals surface area contributed by atoms with E-state index in [2.05, 4.69) is 10.0 Å². The molecule has 8 heteroatoms. The molecule has 3 aromatic carbocycles. The quantitative estimate of drug-likeness (QED) is 0.637. The second-order valence-electron chi connectivity index (χ2n) is 5.94. The second-order valence-corrected chi connectivity index (χ2v) is 8.47. The molecule has 0 fully saturated rings. The number of rotatable bonds is 5. The van der Waals surface area contributed by atoms with Crippen molar-refractivity contribution < 1.29 is 13.2 Å². The molecule has 0 unspecified atom stereocenters.